The quantitative estimate of drug-likeness (QED) is 0.710. The van der Waals surface area contributed by atoms with E-state index in [2.05, 4.69) is 46.4 Å². The molecule has 1 N–H and O–H groups in total. The van der Waals surface area contributed by atoms with E-state index in [-0.39, 0.29) is 6.61 Å². The van der Waals surface area contributed by atoms with E-state index in [1.807, 2.05) is 13.0 Å². The SMILES string of the molecule is CCN1CCN(c2nc(-c3ccc4c(c3)CC(C)(CO)O4)cc3ccsc23)CC1. The second-order valence-corrected chi connectivity index (χ2v) is 9.22. The molecule has 1 fully saturated rings. The fourth-order valence-electron chi connectivity index (χ4n) is 4.37. The normalized spacial score (nSPS) is 22.1. The summed E-state index contributed by atoms with van der Waals surface area (Å²) < 4.78 is 7.22. The van der Waals surface area contributed by atoms with Gasteiger partial charge in [0, 0.05) is 38.2 Å². The van der Waals surface area contributed by atoms with Crippen molar-refractivity contribution in [2.45, 2.75) is 25.9 Å². The molecule has 5 rings (SSSR count). The number of piperazine rings is 1. The van der Waals surface area contributed by atoms with Crippen LogP contribution < -0.4 is 9.64 Å². The molecule has 0 aliphatic carbocycles. The molecule has 4 heterocycles. The van der Waals surface area contributed by atoms with Crippen LogP contribution in [0.2, 0.25) is 0 Å². The first kappa shape index (κ1) is 18.9. The molecule has 0 saturated carbocycles. The first-order chi connectivity index (χ1) is 14.1. The van der Waals surface area contributed by atoms with Crippen molar-refractivity contribution >= 4 is 27.2 Å². The van der Waals surface area contributed by atoms with Gasteiger partial charge in [-0.2, -0.15) is 0 Å². The second-order valence-electron chi connectivity index (χ2n) is 8.30. The molecule has 0 spiro atoms. The summed E-state index contributed by atoms with van der Waals surface area (Å²) in [5.41, 5.74) is 2.74. The Morgan fingerprint density at radius 3 is 2.76 bits per heavy atom. The van der Waals surface area contributed by atoms with Gasteiger partial charge in [-0.05, 0) is 60.1 Å². The average Bonchev–Trinajstić information content (AvgIpc) is 3.36. The Labute approximate surface area is 175 Å². The average molecular weight is 410 g/mol. The number of benzene rings is 1. The van der Waals surface area contributed by atoms with Gasteiger partial charge in [-0.25, -0.2) is 4.98 Å². The number of hydrogen-bond acceptors (Lipinski definition) is 6. The fraction of sp³-hybridized carbons (Fsp3) is 0.435. The van der Waals surface area contributed by atoms with Gasteiger partial charge in [-0.15, -0.1) is 11.3 Å². The number of fused-ring (bicyclic) bond motifs is 2. The van der Waals surface area contributed by atoms with Crippen molar-refractivity contribution in [2.75, 3.05) is 44.2 Å². The van der Waals surface area contributed by atoms with E-state index in [4.69, 9.17) is 9.72 Å². The lowest BCUT2D eigenvalue weighted by Crippen LogP contribution is -2.46. The highest BCUT2D eigenvalue weighted by Crippen LogP contribution is 2.39. The van der Waals surface area contributed by atoms with Crippen LogP contribution in [0.5, 0.6) is 5.75 Å². The fourth-order valence-corrected chi connectivity index (χ4v) is 5.26. The molecule has 1 aromatic carbocycles. The molecule has 2 aliphatic heterocycles. The molecule has 152 valence electrons. The molecule has 6 heteroatoms. The Kier molecular flexibility index (Phi) is 4.73. The molecule has 1 unspecified atom stereocenters. The summed E-state index contributed by atoms with van der Waals surface area (Å²) in [5, 5.41) is 13.1. The van der Waals surface area contributed by atoms with E-state index in [0.717, 1.165) is 67.5 Å². The van der Waals surface area contributed by atoms with Gasteiger partial charge in [0.05, 0.1) is 17.0 Å². The molecular formula is C23H27N3O2S. The van der Waals surface area contributed by atoms with E-state index in [9.17, 15) is 5.11 Å². The zero-order chi connectivity index (χ0) is 20.0. The summed E-state index contributed by atoms with van der Waals surface area (Å²) in [4.78, 5) is 10.1. The summed E-state index contributed by atoms with van der Waals surface area (Å²) >= 11 is 1.78. The highest BCUT2D eigenvalue weighted by Gasteiger charge is 2.34. The van der Waals surface area contributed by atoms with E-state index >= 15 is 0 Å². The lowest BCUT2D eigenvalue weighted by Gasteiger charge is -2.35. The van der Waals surface area contributed by atoms with Gasteiger partial charge in [-0.1, -0.05) is 6.92 Å². The second kappa shape index (κ2) is 7.27. The Morgan fingerprint density at radius 2 is 2.00 bits per heavy atom. The predicted octanol–water partition coefficient (Wildman–Crippen LogP) is 3.79. The number of anilines is 1. The molecule has 29 heavy (non-hydrogen) atoms. The van der Waals surface area contributed by atoms with Crippen molar-refractivity contribution in [3.8, 4) is 17.0 Å². The van der Waals surface area contributed by atoms with Crippen LogP contribution in [0.1, 0.15) is 19.4 Å². The monoisotopic (exact) mass is 409 g/mol. The lowest BCUT2D eigenvalue weighted by atomic mass is 9.98. The minimum Gasteiger partial charge on any atom is -0.485 e. The van der Waals surface area contributed by atoms with Crippen LogP contribution in [0.3, 0.4) is 0 Å². The van der Waals surface area contributed by atoms with Gasteiger partial charge in [0.25, 0.3) is 0 Å². The molecule has 0 bridgehead atoms. The number of hydrogen-bond donors (Lipinski definition) is 1. The number of aliphatic hydroxyl groups excluding tert-OH is 1. The van der Waals surface area contributed by atoms with Crippen LogP contribution in [0.4, 0.5) is 5.82 Å². The summed E-state index contributed by atoms with van der Waals surface area (Å²) in [7, 11) is 0. The van der Waals surface area contributed by atoms with Gasteiger partial charge in [0.2, 0.25) is 0 Å². The molecule has 1 saturated heterocycles. The third-order valence-corrected chi connectivity index (χ3v) is 7.07. The summed E-state index contributed by atoms with van der Waals surface area (Å²) in [6, 6.07) is 10.7. The number of rotatable bonds is 4. The first-order valence-electron chi connectivity index (χ1n) is 10.4. The standard InChI is InChI=1S/C23H27N3O2S/c1-3-25-7-9-26(10-8-25)22-21-17(6-11-29-21)13-19(24-22)16-4-5-20-18(12-16)14-23(2,15-27)28-20/h4-6,11-13,27H,3,7-10,14-15H2,1-2H3. The number of likely N-dealkylation sites (N-methyl/N-ethyl adjacent to an activating group) is 1. The largest absolute Gasteiger partial charge is 0.485 e. The molecule has 0 amide bonds. The highest BCUT2D eigenvalue weighted by atomic mass is 32.1. The molecule has 1 atom stereocenters. The lowest BCUT2D eigenvalue weighted by molar-refractivity contribution is 0.0446. The maximum Gasteiger partial charge on any atom is 0.147 e. The Hall–Kier alpha value is -2.15. The van der Waals surface area contributed by atoms with Crippen LogP contribution in [-0.4, -0.2) is 59.9 Å². The molecule has 2 aromatic heterocycles. The third-order valence-electron chi connectivity index (χ3n) is 6.15. The molecule has 2 aliphatic rings. The number of ether oxygens (including phenoxy) is 1. The maximum atomic E-state index is 9.65. The number of thiophene rings is 1. The third kappa shape index (κ3) is 3.39. The highest BCUT2D eigenvalue weighted by molar-refractivity contribution is 7.17. The van der Waals surface area contributed by atoms with Crippen molar-refractivity contribution in [3.05, 3.63) is 41.3 Å². The van der Waals surface area contributed by atoms with Crippen LogP contribution >= 0.6 is 11.3 Å². The van der Waals surface area contributed by atoms with Gasteiger partial charge in [0.15, 0.2) is 0 Å². The predicted molar refractivity (Wildman–Crippen MR) is 119 cm³/mol. The van der Waals surface area contributed by atoms with Gasteiger partial charge in [0.1, 0.15) is 17.2 Å². The van der Waals surface area contributed by atoms with Crippen LogP contribution in [0.25, 0.3) is 21.3 Å². The Bertz CT molecular complexity index is 1040. The van der Waals surface area contributed by atoms with E-state index < -0.39 is 5.60 Å². The summed E-state index contributed by atoms with van der Waals surface area (Å²) in [5.74, 6) is 1.98. The number of pyridine rings is 1. The summed E-state index contributed by atoms with van der Waals surface area (Å²) in [6.07, 6.45) is 0.721. The first-order valence-corrected chi connectivity index (χ1v) is 11.3. The zero-order valence-corrected chi connectivity index (χ0v) is 17.8. The van der Waals surface area contributed by atoms with Crippen molar-refractivity contribution in [1.29, 1.82) is 0 Å². The van der Waals surface area contributed by atoms with Crippen LogP contribution in [0, 0.1) is 0 Å². The number of nitrogens with zero attached hydrogens (tertiary/aromatic N) is 3. The van der Waals surface area contributed by atoms with Gasteiger partial charge < -0.3 is 19.6 Å². The van der Waals surface area contributed by atoms with Crippen LogP contribution in [-0.2, 0) is 6.42 Å². The van der Waals surface area contributed by atoms with Crippen molar-refractivity contribution in [3.63, 3.8) is 0 Å². The number of aromatic nitrogens is 1. The summed E-state index contributed by atoms with van der Waals surface area (Å²) in [6.45, 7) is 9.52. The topological polar surface area (TPSA) is 48.8 Å². The molecule has 3 aromatic rings. The smallest absolute Gasteiger partial charge is 0.147 e. The van der Waals surface area contributed by atoms with Crippen molar-refractivity contribution in [1.82, 2.24) is 9.88 Å². The van der Waals surface area contributed by atoms with Gasteiger partial charge >= 0.3 is 0 Å². The zero-order valence-electron chi connectivity index (χ0n) is 17.0. The Morgan fingerprint density at radius 1 is 1.17 bits per heavy atom. The van der Waals surface area contributed by atoms with Crippen molar-refractivity contribution < 1.29 is 9.84 Å². The Balaban J connectivity index is 1.52. The molecule has 0 radical (unpaired) electrons. The van der Waals surface area contributed by atoms with E-state index in [1.165, 1.54) is 10.1 Å². The minimum atomic E-state index is -0.518. The van der Waals surface area contributed by atoms with E-state index in [0.29, 0.717) is 0 Å². The molecular weight excluding hydrogens is 382 g/mol. The minimum absolute atomic E-state index is 0.0179. The van der Waals surface area contributed by atoms with E-state index in [1.54, 1.807) is 11.3 Å². The van der Waals surface area contributed by atoms with Crippen LogP contribution in [0.15, 0.2) is 35.7 Å². The maximum absolute atomic E-state index is 9.65. The van der Waals surface area contributed by atoms with Crippen molar-refractivity contribution in [2.24, 2.45) is 0 Å². The number of aliphatic hydroxyl groups is 1. The molecule has 5 nitrogen and oxygen atoms in total. The van der Waals surface area contributed by atoms with Gasteiger partial charge in [-0.3, -0.25) is 0 Å².